The first-order chi connectivity index (χ1) is 18.2. The van der Waals surface area contributed by atoms with Crippen molar-refractivity contribution in [3.63, 3.8) is 0 Å². The molecule has 0 radical (unpaired) electrons. The third kappa shape index (κ3) is 5.48. The van der Waals surface area contributed by atoms with Gasteiger partial charge < -0.3 is 20.4 Å². The van der Waals surface area contributed by atoms with Crippen molar-refractivity contribution in [1.29, 1.82) is 0 Å². The van der Waals surface area contributed by atoms with Gasteiger partial charge in [-0.15, -0.1) is 0 Å². The van der Waals surface area contributed by atoms with E-state index in [4.69, 9.17) is 11.6 Å². The Morgan fingerprint density at radius 3 is 2.50 bits per heavy atom. The van der Waals surface area contributed by atoms with E-state index in [-0.39, 0.29) is 29.4 Å². The molecule has 1 aliphatic carbocycles. The normalized spacial score (nSPS) is 18.5. The molecule has 2 heterocycles. The molecule has 3 amide bonds. The van der Waals surface area contributed by atoms with Gasteiger partial charge in [-0.3, -0.25) is 9.78 Å². The first-order valence-corrected chi connectivity index (χ1v) is 13.5. The number of nitrogens with zero attached hydrogens (tertiary/aromatic N) is 3. The Morgan fingerprint density at radius 2 is 1.79 bits per heavy atom. The number of nitrogens with one attached hydrogen (secondary N) is 2. The predicted octanol–water partition coefficient (Wildman–Crippen LogP) is 6.02. The Balaban J connectivity index is 1.27. The van der Waals surface area contributed by atoms with Crippen molar-refractivity contribution in [2.75, 3.05) is 30.4 Å². The lowest BCUT2D eigenvalue weighted by molar-refractivity contribution is 0.0709. The fourth-order valence-corrected chi connectivity index (χ4v) is 5.98. The van der Waals surface area contributed by atoms with Crippen LogP contribution in [0.2, 0.25) is 5.02 Å². The maximum absolute atomic E-state index is 13.6. The summed E-state index contributed by atoms with van der Waals surface area (Å²) in [6.07, 6.45) is 6.21. The van der Waals surface area contributed by atoms with Crippen LogP contribution >= 0.6 is 11.6 Å². The number of piperidine rings is 1. The van der Waals surface area contributed by atoms with Gasteiger partial charge in [0.15, 0.2) is 0 Å². The maximum atomic E-state index is 13.6. The second kappa shape index (κ2) is 10.7. The van der Waals surface area contributed by atoms with E-state index in [1.165, 1.54) is 5.69 Å². The van der Waals surface area contributed by atoms with Gasteiger partial charge in [0.1, 0.15) is 0 Å². The molecular formula is C30H34ClN5O2. The van der Waals surface area contributed by atoms with Crippen LogP contribution in [-0.4, -0.2) is 48.0 Å². The second-order valence-corrected chi connectivity index (χ2v) is 11.3. The summed E-state index contributed by atoms with van der Waals surface area (Å²) in [5.74, 6) is 0.0157. The zero-order chi connectivity index (χ0) is 26.9. The molecule has 1 saturated heterocycles. The molecule has 2 aromatic carbocycles. The Labute approximate surface area is 229 Å². The van der Waals surface area contributed by atoms with Gasteiger partial charge in [0.2, 0.25) is 0 Å². The third-order valence-electron chi connectivity index (χ3n) is 7.87. The van der Waals surface area contributed by atoms with E-state index in [1.807, 2.05) is 48.6 Å². The number of amides is 3. The Morgan fingerprint density at radius 1 is 1.05 bits per heavy atom. The molecule has 1 unspecified atom stereocenters. The lowest BCUT2D eigenvalue weighted by Crippen LogP contribution is -2.45. The van der Waals surface area contributed by atoms with Crippen molar-refractivity contribution in [1.82, 2.24) is 15.2 Å². The van der Waals surface area contributed by atoms with E-state index in [1.54, 1.807) is 24.3 Å². The van der Waals surface area contributed by atoms with E-state index in [9.17, 15) is 9.59 Å². The molecule has 8 heteroatoms. The van der Waals surface area contributed by atoms with Gasteiger partial charge in [0.25, 0.3) is 5.91 Å². The van der Waals surface area contributed by atoms with Crippen LogP contribution < -0.4 is 15.5 Å². The molecule has 5 rings (SSSR count). The van der Waals surface area contributed by atoms with Crippen LogP contribution in [0.4, 0.5) is 16.2 Å². The number of benzene rings is 2. The van der Waals surface area contributed by atoms with Gasteiger partial charge in [-0.05, 0) is 78.3 Å². The number of urea groups is 1. The van der Waals surface area contributed by atoms with E-state index < -0.39 is 0 Å². The number of pyridine rings is 1. The third-order valence-corrected chi connectivity index (χ3v) is 8.10. The van der Waals surface area contributed by atoms with Crippen LogP contribution in [0.5, 0.6) is 0 Å². The van der Waals surface area contributed by atoms with Gasteiger partial charge in [-0.25, -0.2) is 4.79 Å². The SMILES string of the molecule is CN(C(=O)c1ccc2c(c1)C(NC(=O)Nc1cccc(Cl)c1)CC2(C)C)C1CCN(c2ccncc2)CC1. The zero-order valence-electron chi connectivity index (χ0n) is 22.1. The second-order valence-electron chi connectivity index (χ2n) is 10.9. The van der Waals surface area contributed by atoms with E-state index in [0.717, 1.165) is 43.5 Å². The summed E-state index contributed by atoms with van der Waals surface area (Å²) in [4.78, 5) is 34.7. The molecule has 1 fully saturated rings. The molecule has 3 aromatic rings. The van der Waals surface area contributed by atoms with Crippen molar-refractivity contribution in [3.8, 4) is 0 Å². The molecule has 0 spiro atoms. The summed E-state index contributed by atoms with van der Waals surface area (Å²) in [5, 5.41) is 6.54. The topological polar surface area (TPSA) is 77.6 Å². The van der Waals surface area contributed by atoms with Gasteiger partial charge >= 0.3 is 6.03 Å². The van der Waals surface area contributed by atoms with E-state index in [2.05, 4.69) is 40.4 Å². The van der Waals surface area contributed by atoms with Crippen molar-refractivity contribution in [3.05, 3.63) is 88.7 Å². The highest BCUT2D eigenvalue weighted by Crippen LogP contribution is 2.45. The molecule has 0 saturated carbocycles. The fourth-order valence-electron chi connectivity index (χ4n) is 5.79. The highest BCUT2D eigenvalue weighted by atomic mass is 35.5. The van der Waals surface area contributed by atoms with Crippen molar-refractivity contribution in [2.45, 2.75) is 50.6 Å². The van der Waals surface area contributed by atoms with Crippen LogP contribution in [-0.2, 0) is 5.41 Å². The van der Waals surface area contributed by atoms with Gasteiger partial charge in [-0.2, -0.15) is 0 Å². The molecular weight excluding hydrogens is 498 g/mol. The number of carbonyl (C=O) groups is 2. The summed E-state index contributed by atoms with van der Waals surface area (Å²) in [6.45, 7) is 6.15. The van der Waals surface area contributed by atoms with E-state index >= 15 is 0 Å². The molecule has 0 bridgehead atoms. The van der Waals surface area contributed by atoms with Crippen molar-refractivity contribution in [2.24, 2.45) is 0 Å². The van der Waals surface area contributed by atoms with E-state index in [0.29, 0.717) is 16.3 Å². The molecule has 7 nitrogen and oxygen atoms in total. The highest BCUT2D eigenvalue weighted by Gasteiger charge is 2.38. The minimum absolute atomic E-state index is 0.0157. The number of hydrogen-bond donors (Lipinski definition) is 2. The largest absolute Gasteiger partial charge is 0.371 e. The number of carbonyl (C=O) groups excluding carboxylic acids is 2. The summed E-state index contributed by atoms with van der Waals surface area (Å²) in [5.41, 5.74) is 4.51. The maximum Gasteiger partial charge on any atom is 0.319 e. The lowest BCUT2D eigenvalue weighted by Gasteiger charge is -2.38. The number of rotatable bonds is 5. The van der Waals surface area contributed by atoms with Gasteiger partial charge in [-0.1, -0.05) is 37.6 Å². The Kier molecular flexibility index (Phi) is 7.30. The van der Waals surface area contributed by atoms with Crippen molar-refractivity contribution < 1.29 is 9.59 Å². The standard InChI is InChI=1S/C30H34ClN5O2/c1-30(2)19-27(34-29(38)33-22-6-4-5-21(31)18-22)25-17-20(7-8-26(25)30)28(37)35(3)23-11-15-36(16-12-23)24-9-13-32-14-10-24/h4-10,13-14,17-18,23,27H,11-12,15-16,19H2,1-3H3,(H2,33,34,38). The summed E-state index contributed by atoms with van der Waals surface area (Å²) >= 11 is 6.05. The highest BCUT2D eigenvalue weighted by molar-refractivity contribution is 6.30. The fraction of sp³-hybridized carbons (Fsp3) is 0.367. The van der Waals surface area contributed by atoms with Gasteiger partial charge in [0, 0.05) is 60.5 Å². The first-order valence-electron chi connectivity index (χ1n) is 13.1. The minimum atomic E-state index is -0.296. The molecule has 2 N–H and O–H groups in total. The molecule has 1 aliphatic heterocycles. The number of fused-ring (bicyclic) bond motifs is 1. The van der Waals surface area contributed by atoms with Crippen LogP contribution in [0.1, 0.15) is 60.6 Å². The van der Waals surface area contributed by atoms with Crippen molar-refractivity contribution >= 4 is 34.9 Å². The lowest BCUT2D eigenvalue weighted by atomic mass is 9.86. The summed E-state index contributed by atoms with van der Waals surface area (Å²) < 4.78 is 0. The average molecular weight is 532 g/mol. The smallest absolute Gasteiger partial charge is 0.319 e. The summed E-state index contributed by atoms with van der Waals surface area (Å²) in [6, 6.07) is 16.8. The number of aromatic nitrogens is 1. The summed E-state index contributed by atoms with van der Waals surface area (Å²) in [7, 11) is 1.90. The number of anilines is 2. The van der Waals surface area contributed by atoms with Crippen LogP contribution in [0, 0.1) is 0 Å². The Hall–Kier alpha value is -3.58. The quantitative estimate of drug-likeness (QED) is 0.422. The molecule has 1 atom stereocenters. The zero-order valence-corrected chi connectivity index (χ0v) is 22.8. The number of halogens is 1. The first kappa shape index (κ1) is 26.0. The molecule has 198 valence electrons. The minimum Gasteiger partial charge on any atom is -0.371 e. The van der Waals surface area contributed by atoms with Crippen LogP contribution in [0.3, 0.4) is 0 Å². The number of hydrogen-bond acceptors (Lipinski definition) is 4. The monoisotopic (exact) mass is 531 g/mol. The molecule has 2 aliphatic rings. The molecule has 38 heavy (non-hydrogen) atoms. The Bertz CT molecular complexity index is 1320. The van der Waals surface area contributed by atoms with Gasteiger partial charge in [0.05, 0.1) is 6.04 Å². The van der Waals surface area contributed by atoms with Crippen LogP contribution in [0.25, 0.3) is 0 Å². The van der Waals surface area contributed by atoms with Crippen LogP contribution in [0.15, 0.2) is 67.0 Å². The molecule has 1 aromatic heterocycles. The average Bonchev–Trinajstić information content (AvgIpc) is 3.17. The predicted molar refractivity (Wildman–Crippen MR) is 152 cm³/mol.